The quantitative estimate of drug-likeness (QED) is 0.767. The van der Waals surface area contributed by atoms with Gasteiger partial charge in [0.1, 0.15) is 0 Å². The Morgan fingerprint density at radius 1 is 1.57 bits per heavy atom. The summed E-state index contributed by atoms with van der Waals surface area (Å²) in [6, 6.07) is 6.02. The maximum atomic E-state index is 9.26. The molecule has 1 aromatic rings. The Kier molecular flexibility index (Phi) is 4.38. The molecule has 0 aliphatic rings. The molecule has 0 aliphatic heterocycles. The topological polar surface area (TPSA) is 58.3 Å². The highest BCUT2D eigenvalue weighted by atomic mass is 79.9. The van der Waals surface area contributed by atoms with Gasteiger partial charge in [-0.1, -0.05) is 6.07 Å². The SMILES string of the molecule is Cc1ccc(NC[C@H](O)CN)c(Br)c1. The van der Waals surface area contributed by atoms with Crippen molar-refractivity contribution in [1.82, 2.24) is 0 Å². The molecule has 0 amide bonds. The first-order chi connectivity index (χ1) is 6.63. The summed E-state index contributed by atoms with van der Waals surface area (Å²) in [5.41, 5.74) is 7.47. The van der Waals surface area contributed by atoms with E-state index in [4.69, 9.17) is 5.73 Å². The molecule has 3 nitrogen and oxygen atoms in total. The number of rotatable bonds is 4. The Hall–Kier alpha value is -0.580. The molecule has 1 aromatic carbocycles. The van der Waals surface area contributed by atoms with E-state index >= 15 is 0 Å². The van der Waals surface area contributed by atoms with Crippen molar-refractivity contribution < 1.29 is 5.11 Å². The summed E-state index contributed by atoms with van der Waals surface area (Å²) < 4.78 is 1.00. The Labute approximate surface area is 92.4 Å². The van der Waals surface area contributed by atoms with E-state index in [0.29, 0.717) is 6.54 Å². The highest BCUT2D eigenvalue weighted by molar-refractivity contribution is 9.10. The molecule has 0 saturated heterocycles. The van der Waals surface area contributed by atoms with Gasteiger partial charge in [-0.2, -0.15) is 0 Å². The number of hydrogen-bond acceptors (Lipinski definition) is 3. The van der Waals surface area contributed by atoms with Gasteiger partial charge in [0.15, 0.2) is 0 Å². The molecular weight excluding hydrogens is 244 g/mol. The number of nitrogens with one attached hydrogen (secondary N) is 1. The zero-order valence-electron chi connectivity index (χ0n) is 8.13. The van der Waals surface area contributed by atoms with Crippen LogP contribution in [0, 0.1) is 6.92 Å². The summed E-state index contributed by atoms with van der Waals surface area (Å²) >= 11 is 3.44. The molecular formula is C10H15BrN2O. The summed E-state index contributed by atoms with van der Waals surface area (Å²) in [6.07, 6.45) is -0.497. The fraction of sp³-hybridized carbons (Fsp3) is 0.400. The molecule has 1 atom stereocenters. The lowest BCUT2D eigenvalue weighted by atomic mass is 10.2. The van der Waals surface area contributed by atoms with Gasteiger partial charge in [0, 0.05) is 23.2 Å². The molecule has 14 heavy (non-hydrogen) atoms. The smallest absolute Gasteiger partial charge is 0.0834 e. The van der Waals surface area contributed by atoms with Crippen LogP contribution in [0.2, 0.25) is 0 Å². The van der Waals surface area contributed by atoms with Crippen molar-refractivity contribution in [3.05, 3.63) is 28.2 Å². The maximum Gasteiger partial charge on any atom is 0.0834 e. The van der Waals surface area contributed by atoms with Crippen molar-refractivity contribution >= 4 is 21.6 Å². The fourth-order valence-electron chi connectivity index (χ4n) is 1.07. The van der Waals surface area contributed by atoms with Crippen LogP contribution in [-0.4, -0.2) is 24.3 Å². The molecule has 0 bridgehead atoms. The van der Waals surface area contributed by atoms with Gasteiger partial charge < -0.3 is 16.2 Å². The first kappa shape index (κ1) is 11.5. The molecule has 0 heterocycles. The van der Waals surface area contributed by atoms with Crippen LogP contribution in [0.25, 0.3) is 0 Å². The second-order valence-corrected chi connectivity index (χ2v) is 4.11. The van der Waals surface area contributed by atoms with E-state index in [0.717, 1.165) is 10.2 Å². The molecule has 0 aromatic heterocycles. The van der Waals surface area contributed by atoms with Crippen molar-refractivity contribution in [1.29, 1.82) is 0 Å². The molecule has 4 heteroatoms. The Morgan fingerprint density at radius 2 is 2.29 bits per heavy atom. The number of anilines is 1. The van der Waals surface area contributed by atoms with E-state index in [1.165, 1.54) is 5.56 Å². The van der Waals surface area contributed by atoms with Crippen LogP contribution in [-0.2, 0) is 0 Å². The zero-order chi connectivity index (χ0) is 10.6. The molecule has 1 rings (SSSR count). The second kappa shape index (κ2) is 5.34. The van der Waals surface area contributed by atoms with Crippen LogP contribution in [0.15, 0.2) is 22.7 Å². The fourth-order valence-corrected chi connectivity index (χ4v) is 1.71. The number of benzene rings is 1. The minimum atomic E-state index is -0.497. The Morgan fingerprint density at radius 3 is 2.86 bits per heavy atom. The first-order valence-electron chi connectivity index (χ1n) is 4.51. The third-order valence-corrected chi connectivity index (χ3v) is 2.58. The van der Waals surface area contributed by atoms with Gasteiger partial charge >= 0.3 is 0 Å². The van der Waals surface area contributed by atoms with Gasteiger partial charge in [0.25, 0.3) is 0 Å². The first-order valence-corrected chi connectivity index (χ1v) is 5.31. The third kappa shape index (κ3) is 3.29. The highest BCUT2D eigenvalue weighted by Crippen LogP contribution is 2.23. The summed E-state index contributed by atoms with van der Waals surface area (Å²) in [5, 5.41) is 12.4. The van der Waals surface area contributed by atoms with Crippen LogP contribution in [0.3, 0.4) is 0 Å². The Bertz CT molecular complexity index is 304. The van der Waals surface area contributed by atoms with Crippen LogP contribution in [0.5, 0.6) is 0 Å². The van der Waals surface area contributed by atoms with Gasteiger partial charge in [0.2, 0.25) is 0 Å². The van der Waals surface area contributed by atoms with Crippen molar-refractivity contribution in [2.24, 2.45) is 5.73 Å². The lowest BCUT2D eigenvalue weighted by Crippen LogP contribution is -2.27. The maximum absolute atomic E-state index is 9.26. The van der Waals surface area contributed by atoms with Gasteiger partial charge in [-0.05, 0) is 40.5 Å². The third-order valence-electron chi connectivity index (χ3n) is 1.92. The van der Waals surface area contributed by atoms with Gasteiger partial charge in [-0.3, -0.25) is 0 Å². The number of hydrogen-bond donors (Lipinski definition) is 3. The predicted octanol–water partition coefficient (Wildman–Crippen LogP) is 1.49. The van der Waals surface area contributed by atoms with Crippen LogP contribution in [0.1, 0.15) is 5.56 Å². The van der Waals surface area contributed by atoms with Crippen LogP contribution in [0.4, 0.5) is 5.69 Å². The lowest BCUT2D eigenvalue weighted by Gasteiger charge is -2.12. The van der Waals surface area contributed by atoms with E-state index < -0.39 is 6.10 Å². The molecule has 0 radical (unpaired) electrons. The second-order valence-electron chi connectivity index (χ2n) is 3.25. The van der Waals surface area contributed by atoms with Gasteiger partial charge in [-0.15, -0.1) is 0 Å². The van der Waals surface area contributed by atoms with E-state index in [-0.39, 0.29) is 6.54 Å². The monoisotopic (exact) mass is 258 g/mol. The van der Waals surface area contributed by atoms with E-state index in [1.54, 1.807) is 0 Å². The van der Waals surface area contributed by atoms with Gasteiger partial charge in [0.05, 0.1) is 6.10 Å². The van der Waals surface area contributed by atoms with Crippen LogP contribution >= 0.6 is 15.9 Å². The molecule has 0 spiro atoms. The number of aliphatic hydroxyl groups excluding tert-OH is 1. The van der Waals surface area contributed by atoms with E-state index in [9.17, 15) is 5.11 Å². The average Bonchev–Trinajstić information content (AvgIpc) is 2.16. The normalized spacial score (nSPS) is 12.6. The van der Waals surface area contributed by atoms with Crippen molar-refractivity contribution in [3.63, 3.8) is 0 Å². The van der Waals surface area contributed by atoms with Crippen molar-refractivity contribution in [3.8, 4) is 0 Å². The molecule has 0 aliphatic carbocycles. The molecule has 0 saturated carbocycles. The standard InChI is InChI=1S/C10H15BrN2O/c1-7-2-3-10(9(11)4-7)13-6-8(14)5-12/h2-4,8,13-14H,5-6,12H2,1H3/t8-/m1/s1. The van der Waals surface area contributed by atoms with E-state index in [1.807, 2.05) is 25.1 Å². The zero-order valence-corrected chi connectivity index (χ0v) is 9.71. The number of aryl methyl sites for hydroxylation is 1. The molecule has 0 fully saturated rings. The minimum Gasteiger partial charge on any atom is -0.390 e. The minimum absolute atomic E-state index is 0.274. The molecule has 0 unspecified atom stereocenters. The molecule has 78 valence electrons. The molecule has 4 N–H and O–H groups in total. The average molecular weight is 259 g/mol. The predicted molar refractivity (Wildman–Crippen MR) is 62.4 cm³/mol. The van der Waals surface area contributed by atoms with Gasteiger partial charge in [-0.25, -0.2) is 0 Å². The highest BCUT2D eigenvalue weighted by Gasteiger charge is 2.03. The summed E-state index contributed by atoms with van der Waals surface area (Å²) in [7, 11) is 0. The number of aliphatic hydroxyl groups is 1. The summed E-state index contributed by atoms with van der Waals surface area (Å²) in [6.45, 7) is 2.78. The Balaban J connectivity index is 2.59. The van der Waals surface area contributed by atoms with E-state index in [2.05, 4.69) is 21.2 Å². The van der Waals surface area contributed by atoms with Crippen LogP contribution < -0.4 is 11.1 Å². The summed E-state index contributed by atoms with van der Waals surface area (Å²) in [5.74, 6) is 0. The lowest BCUT2D eigenvalue weighted by molar-refractivity contribution is 0.196. The number of halogens is 1. The number of nitrogens with two attached hydrogens (primary N) is 1. The largest absolute Gasteiger partial charge is 0.390 e. The van der Waals surface area contributed by atoms with Crippen molar-refractivity contribution in [2.75, 3.05) is 18.4 Å². The summed E-state index contributed by atoms with van der Waals surface area (Å²) in [4.78, 5) is 0. The van der Waals surface area contributed by atoms with Crippen molar-refractivity contribution in [2.45, 2.75) is 13.0 Å².